The molecule has 0 fully saturated rings. The largest absolute Gasteiger partial charge is 0.486 e. The number of halogens is 3. The van der Waals surface area contributed by atoms with Crippen molar-refractivity contribution in [3.05, 3.63) is 24.3 Å². The lowest BCUT2D eigenvalue weighted by molar-refractivity contribution is -0.186. The van der Waals surface area contributed by atoms with Gasteiger partial charge >= 0.3 is 12.1 Å². The zero-order valence-electron chi connectivity index (χ0n) is 10.8. The van der Waals surface area contributed by atoms with E-state index in [4.69, 9.17) is 9.47 Å². The fourth-order valence-electron chi connectivity index (χ4n) is 1.93. The molecule has 2 rings (SSSR count). The molecule has 0 bridgehead atoms. The number of benzene rings is 1. The number of carbonyl (C=O) groups excluding carboxylic acids is 1. The van der Waals surface area contributed by atoms with Crippen LogP contribution in [0.2, 0.25) is 0 Å². The van der Waals surface area contributed by atoms with Crippen molar-refractivity contribution in [2.24, 2.45) is 0 Å². The Morgan fingerprint density at radius 1 is 1.35 bits per heavy atom. The van der Waals surface area contributed by atoms with Crippen LogP contribution in [0, 0.1) is 0 Å². The van der Waals surface area contributed by atoms with E-state index in [1.165, 1.54) is 6.92 Å². The van der Waals surface area contributed by atoms with E-state index in [0.717, 1.165) is 0 Å². The molecule has 0 spiro atoms. The van der Waals surface area contributed by atoms with Gasteiger partial charge in [0.2, 0.25) is 0 Å². The molecule has 1 aliphatic rings. The summed E-state index contributed by atoms with van der Waals surface area (Å²) in [6, 6.07) is 6.89. The molecule has 1 heterocycles. The van der Waals surface area contributed by atoms with Gasteiger partial charge in [-0.25, -0.2) is 0 Å². The Hall–Kier alpha value is -1.92. The van der Waals surface area contributed by atoms with Crippen LogP contribution < -0.4 is 9.47 Å². The smallest absolute Gasteiger partial charge is 0.471 e. The molecular formula is C13H14F3NO3. The van der Waals surface area contributed by atoms with Gasteiger partial charge in [0.05, 0.1) is 6.54 Å². The number of alkyl halides is 3. The monoisotopic (exact) mass is 289 g/mol. The van der Waals surface area contributed by atoms with Gasteiger partial charge in [-0.05, 0) is 19.1 Å². The molecule has 0 saturated heterocycles. The Balaban J connectivity index is 2.02. The second-order valence-corrected chi connectivity index (χ2v) is 4.34. The third-order valence-electron chi connectivity index (χ3n) is 2.90. The van der Waals surface area contributed by atoms with Gasteiger partial charge in [-0.2, -0.15) is 13.2 Å². The molecule has 7 heteroatoms. The maximum atomic E-state index is 12.4. The fourth-order valence-corrected chi connectivity index (χ4v) is 1.93. The predicted molar refractivity (Wildman–Crippen MR) is 64.7 cm³/mol. The van der Waals surface area contributed by atoms with E-state index in [9.17, 15) is 18.0 Å². The van der Waals surface area contributed by atoms with Crippen LogP contribution in [0.3, 0.4) is 0 Å². The molecule has 1 unspecified atom stereocenters. The van der Waals surface area contributed by atoms with Crippen molar-refractivity contribution in [1.29, 1.82) is 0 Å². The molecule has 0 radical (unpaired) electrons. The van der Waals surface area contributed by atoms with E-state index in [1.807, 2.05) is 0 Å². The number of carbonyl (C=O) groups is 1. The van der Waals surface area contributed by atoms with E-state index in [1.54, 1.807) is 24.3 Å². The third-order valence-corrected chi connectivity index (χ3v) is 2.90. The molecule has 4 nitrogen and oxygen atoms in total. The molecule has 1 aromatic carbocycles. The zero-order chi connectivity index (χ0) is 14.8. The average Bonchev–Trinajstić information content (AvgIpc) is 2.43. The highest BCUT2D eigenvalue weighted by molar-refractivity contribution is 5.81. The molecule has 0 N–H and O–H groups in total. The fraction of sp³-hybridized carbons (Fsp3) is 0.462. The molecule has 1 atom stereocenters. The molecule has 0 aliphatic carbocycles. The molecule has 1 aromatic rings. The third kappa shape index (κ3) is 3.15. The van der Waals surface area contributed by atoms with Crippen LogP contribution in [0.15, 0.2) is 24.3 Å². The minimum absolute atomic E-state index is 0.0418. The van der Waals surface area contributed by atoms with Crippen molar-refractivity contribution in [1.82, 2.24) is 4.90 Å². The first-order valence-electron chi connectivity index (χ1n) is 6.16. The van der Waals surface area contributed by atoms with Crippen molar-refractivity contribution >= 4 is 5.91 Å². The molecule has 0 saturated carbocycles. The lowest BCUT2D eigenvalue weighted by atomic mass is 10.2. The van der Waals surface area contributed by atoms with Gasteiger partial charge < -0.3 is 14.4 Å². The highest BCUT2D eigenvalue weighted by Gasteiger charge is 2.42. The van der Waals surface area contributed by atoms with E-state index < -0.39 is 18.2 Å². The summed E-state index contributed by atoms with van der Waals surface area (Å²) in [6.07, 6.45) is -5.49. The van der Waals surface area contributed by atoms with Gasteiger partial charge in [-0.15, -0.1) is 0 Å². The second-order valence-electron chi connectivity index (χ2n) is 4.34. The van der Waals surface area contributed by atoms with Crippen LogP contribution >= 0.6 is 0 Å². The van der Waals surface area contributed by atoms with Crippen molar-refractivity contribution in [2.45, 2.75) is 19.2 Å². The number of hydrogen-bond acceptors (Lipinski definition) is 3. The number of likely N-dealkylation sites (N-methyl/N-ethyl adjacent to an activating group) is 1. The van der Waals surface area contributed by atoms with Gasteiger partial charge in [0.15, 0.2) is 17.6 Å². The minimum atomic E-state index is -4.87. The lowest BCUT2D eigenvalue weighted by Gasteiger charge is -2.31. The molecule has 20 heavy (non-hydrogen) atoms. The van der Waals surface area contributed by atoms with Crippen molar-refractivity contribution < 1.29 is 27.4 Å². The molecule has 0 aromatic heterocycles. The van der Waals surface area contributed by atoms with Crippen LogP contribution in [0.1, 0.15) is 6.92 Å². The van der Waals surface area contributed by atoms with Crippen LogP contribution in [0.5, 0.6) is 11.5 Å². The Bertz CT molecular complexity index is 490. The summed E-state index contributed by atoms with van der Waals surface area (Å²) in [5.74, 6) is -0.837. The second kappa shape index (κ2) is 5.60. The number of amides is 1. The average molecular weight is 289 g/mol. The first kappa shape index (κ1) is 14.5. The first-order valence-corrected chi connectivity index (χ1v) is 6.16. The van der Waals surface area contributed by atoms with Crippen LogP contribution in [0.25, 0.3) is 0 Å². The number of hydrogen-bond donors (Lipinski definition) is 0. The number of rotatable bonds is 3. The van der Waals surface area contributed by atoms with E-state index >= 15 is 0 Å². The summed E-state index contributed by atoms with van der Waals surface area (Å²) in [6.45, 7) is 1.39. The van der Waals surface area contributed by atoms with Gasteiger partial charge in [0, 0.05) is 6.54 Å². The van der Waals surface area contributed by atoms with Crippen molar-refractivity contribution in [2.75, 3.05) is 19.7 Å². The Labute approximate surface area is 114 Å². The number of fused-ring (bicyclic) bond motifs is 1. The van der Waals surface area contributed by atoms with E-state index in [0.29, 0.717) is 16.4 Å². The minimum Gasteiger partial charge on any atom is -0.486 e. The van der Waals surface area contributed by atoms with Crippen LogP contribution in [-0.4, -0.2) is 42.8 Å². The van der Waals surface area contributed by atoms with Gasteiger partial charge in [-0.1, -0.05) is 12.1 Å². The molecule has 110 valence electrons. The Morgan fingerprint density at radius 2 is 2.00 bits per heavy atom. The normalized spacial score (nSPS) is 17.7. The SMILES string of the molecule is CCN(CC1COc2ccccc2O1)C(=O)C(F)(F)F. The van der Waals surface area contributed by atoms with Gasteiger partial charge in [0.25, 0.3) is 0 Å². The highest BCUT2D eigenvalue weighted by atomic mass is 19.4. The topological polar surface area (TPSA) is 38.8 Å². The maximum Gasteiger partial charge on any atom is 0.471 e. The van der Waals surface area contributed by atoms with E-state index in [-0.39, 0.29) is 19.7 Å². The van der Waals surface area contributed by atoms with Gasteiger partial charge in [0.1, 0.15) is 6.61 Å². The van der Waals surface area contributed by atoms with Gasteiger partial charge in [-0.3, -0.25) is 4.79 Å². The first-order chi connectivity index (χ1) is 9.41. The quantitative estimate of drug-likeness (QED) is 0.856. The lowest BCUT2D eigenvalue weighted by Crippen LogP contribution is -2.48. The van der Waals surface area contributed by atoms with Crippen molar-refractivity contribution in [3.8, 4) is 11.5 Å². The molecular weight excluding hydrogens is 275 g/mol. The highest BCUT2D eigenvalue weighted by Crippen LogP contribution is 2.31. The standard InChI is InChI=1S/C13H14F3NO3/c1-2-17(12(18)13(14,15)16)7-9-8-19-10-5-3-4-6-11(10)20-9/h3-6,9H,2,7-8H2,1H3. The number of ether oxygens (including phenoxy) is 2. The summed E-state index contributed by atoms with van der Waals surface area (Å²) in [5, 5.41) is 0. The van der Waals surface area contributed by atoms with Crippen molar-refractivity contribution in [3.63, 3.8) is 0 Å². The summed E-state index contributed by atoms with van der Waals surface area (Å²) in [4.78, 5) is 11.9. The summed E-state index contributed by atoms with van der Waals surface area (Å²) in [5.41, 5.74) is 0. The van der Waals surface area contributed by atoms with E-state index in [2.05, 4.69) is 0 Å². The zero-order valence-corrected chi connectivity index (χ0v) is 10.8. The molecule has 1 amide bonds. The summed E-state index contributed by atoms with van der Waals surface area (Å²) in [7, 11) is 0. The summed E-state index contributed by atoms with van der Waals surface area (Å²) >= 11 is 0. The van der Waals surface area contributed by atoms with Crippen LogP contribution in [0.4, 0.5) is 13.2 Å². The summed E-state index contributed by atoms with van der Waals surface area (Å²) < 4.78 is 48.2. The number of nitrogens with zero attached hydrogens (tertiary/aromatic N) is 1. The molecule has 1 aliphatic heterocycles. The van der Waals surface area contributed by atoms with Crippen LogP contribution in [-0.2, 0) is 4.79 Å². The number of para-hydroxylation sites is 2. The predicted octanol–water partition coefficient (Wildman–Crippen LogP) is 2.24. The maximum absolute atomic E-state index is 12.4. The Morgan fingerprint density at radius 3 is 2.60 bits per heavy atom. The Kier molecular flexibility index (Phi) is 4.06.